The highest BCUT2D eigenvalue weighted by Gasteiger charge is 2.21. The molecule has 9 heteroatoms. The highest BCUT2D eigenvalue weighted by molar-refractivity contribution is 5.68. The van der Waals surface area contributed by atoms with E-state index < -0.39 is 22.0 Å². The fourth-order valence-electron chi connectivity index (χ4n) is 1.92. The van der Waals surface area contributed by atoms with Crippen molar-refractivity contribution in [1.29, 1.82) is 0 Å². The minimum atomic E-state index is -1.05. The summed E-state index contributed by atoms with van der Waals surface area (Å²) >= 11 is 0. The SMILES string of the molecule is C#CCOc1ccc(C=Cc2nc(O)c([N+](=O)[O-])c(=O)[nH]2)cc1OC. The van der Waals surface area contributed by atoms with Gasteiger partial charge in [0.15, 0.2) is 11.5 Å². The lowest BCUT2D eigenvalue weighted by Gasteiger charge is -2.09. The fourth-order valence-corrected chi connectivity index (χ4v) is 1.92. The summed E-state index contributed by atoms with van der Waals surface area (Å²) in [7, 11) is 1.47. The molecule has 25 heavy (non-hydrogen) atoms. The normalized spacial score (nSPS) is 10.4. The molecule has 0 unspecified atom stereocenters. The Morgan fingerprint density at radius 3 is 2.80 bits per heavy atom. The average molecular weight is 343 g/mol. The molecule has 9 nitrogen and oxygen atoms in total. The molecular formula is C16H13N3O6. The molecule has 128 valence electrons. The van der Waals surface area contributed by atoms with E-state index in [4.69, 9.17) is 15.9 Å². The number of benzene rings is 1. The van der Waals surface area contributed by atoms with Crippen molar-refractivity contribution >= 4 is 17.8 Å². The molecule has 0 atom stereocenters. The highest BCUT2D eigenvalue weighted by Crippen LogP contribution is 2.28. The van der Waals surface area contributed by atoms with E-state index in [1.165, 1.54) is 13.2 Å². The van der Waals surface area contributed by atoms with Crippen LogP contribution in [0.1, 0.15) is 11.4 Å². The van der Waals surface area contributed by atoms with Gasteiger partial charge in [0.25, 0.3) is 5.88 Å². The van der Waals surface area contributed by atoms with E-state index >= 15 is 0 Å². The molecule has 0 aliphatic rings. The monoisotopic (exact) mass is 343 g/mol. The van der Waals surface area contributed by atoms with Gasteiger partial charge < -0.3 is 19.6 Å². The predicted octanol–water partition coefficient (Wildman–Crippen LogP) is 1.57. The number of H-pyrrole nitrogens is 1. The second-order valence-electron chi connectivity index (χ2n) is 4.62. The van der Waals surface area contributed by atoms with Gasteiger partial charge in [-0.25, -0.2) is 0 Å². The quantitative estimate of drug-likeness (QED) is 0.463. The number of aromatic hydroxyl groups is 1. The number of aromatic amines is 1. The maximum absolute atomic E-state index is 11.6. The van der Waals surface area contributed by atoms with Gasteiger partial charge in [-0.15, -0.1) is 6.42 Å². The third kappa shape index (κ3) is 4.14. The Morgan fingerprint density at radius 2 is 2.20 bits per heavy atom. The van der Waals surface area contributed by atoms with Crippen LogP contribution in [0, 0.1) is 22.5 Å². The molecule has 0 saturated heterocycles. The summed E-state index contributed by atoms with van der Waals surface area (Å²) in [5.41, 5.74) is -1.38. The van der Waals surface area contributed by atoms with Gasteiger partial charge >= 0.3 is 11.2 Å². The van der Waals surface area contributed by atoms with Crippen LogP contribution in [0.3, 0.4) is 0 Å². The number of methoxy groups -OCH3 is 1. The van der Waals surface area contributed by atoms with Crippen LogP contribution in [0.15, 0.2) is 23.0 Å². The van der Waals surface area contributed by atoms with Crippen LogP contribution in [0.2, 0.25) is 0 Å². The number of nitrogens with zero attached hydrogens (tertiary/aromatic N) is 2. The van der Waals surface area contributed by atoms with Crippen molar-refractivity contribution < 1.29 is 19.5 Å². The Bertz CT molecular complexity index is 926. The summed E-state index contributed by atoms with van der Waals surface area (Å²) in [6, 6.07) is 5.01. The molecule has 1 aromatic heterocycles. The topological polar surface area (TPSA) is 128 Å². The molecule has 0 amide bonds. The number of rotatable bonds is 6. The lowest BCUT2D eigenvalue weighted by atomic mass is 10.2. The molecule has 1 aromatic carbocycles. The number of ether oxygens (including phenoxy) is 2. The van der Waals surface area contributed by atoms with Gasteiger partial charge in [0.05, 0.1) is 12.0 Å². The van der Waals surface area contributed by atoms with Crippen molar-refractivity contribution in [2.75, 3.05) is 13.7 Å². The Hall–Kier alpha value is -3.80. The van der Waals surface area contributed by atoms with E-state index in [0.29, 0.717) is 17.1 Å². The second kappa shape index (κ2) is 7.65. The van der Waals surface area contributed by atoms with Gasteiger partial charge in [-0.05, 0) is 23.8 Å². The van der Waals surface area contributed by atoms with E-state index in [0.717, 1.165) is 0 Å². The zero-order valence-corrected chi connectivity index (χ0v) is 13.1. The van der Waals surface area contributed by atoms with Gasteiger partial charge in [-0.2, -0.15) is 4.98 Å². The summed E-state index contributed by atoms with van der Waals surface area (Å²) in [5.74, 6) is 2.27. The zero-order valence-electron chi connectivity index (χ0n) is 13.1. The predicted molar refractivity (Wildman–Crippen MR) is 89.4 cm³/mol. The third-order valence-corrected chi connectivity index (χ3v) is 3.01. The van der Waals surface area contributed by atoms with E-state index in [1.807, 2.05) is 0 Å². The largest absolute Gasteiger partial charge is 0.493 e. The Morgan fingerprint density at radius 1 is 1.44 bits per heavy atom. The van der Waals surface area contributed by atoms with Crippen molar-refractivity contribution in [2.45, 2.75) is 0 Å². The van der Waals surface area contributed by atoms with Crippen LogP contribution in [0.25, 0.3) is 12.2 Å². The molecule has 0 saturated carbocycles. The van der Waals surface area contributed by atoms with E-state index in [-0.39, 0.29) is 12.4 Å². The van der Waals surface area contributed by atoms with Crippen molar-refractivity contribution in [3.05, 3.63) is 50.1 Å². The van der Waals surface area contributed by atoms with Gasteiger partial charge in [0, 0.05) is 0 Å². The standard InChI is InChI=1S/C16H13N3O6/c1-3-8-25-11-6-4-10(9-12(11)24-2)5-7-13-17-15(20)14(19(22)23)16(21)18-13/h1,4-7,9H,8H2,2H3,(H2,17,18,20,21). The smallest absolute Gasteiger partial charge is 0.395 e. The number of nitrogens with one attached hydrogen (secondary N) is 1. The van der Waals surface area contributed by atoms with Crippen LogP contribution < -0.4 is 15.0 Å². The van der Waals surface area contributed by atoms with Crippen molar-refractivity contribution in [3.63, 3.8) is 0 Å². The molecule has 2 aromatic rings. The fraction of sp³-hybridized carbons (Fsp3) is 0.125. The van der Waals surface area contributed by atoms with Gasteiger partial charge in [-0.1, -0.05) is 18.1 Å². The maximum Gasteiger partial charge on any atom is 0.395 e. The number of hydrogen-bond acceptors (Lipinski definition) is 7. The van der Waals surface area contributed by atoms with Gasteiger partial charge in [0.2, 0.25) is 0 Å². The minimum Gasteiger partial charge on any atom is -0.493 e. The Kier molecular flexibility index (Phi) is 5.37. The van der Waals surface area contributed by atoms with Crippen molar-refractivity contribution in [3.8, 4) is 29.7 Å². The minimum absolute atomic E-state index is 0.0419. The molecule has 0 bridgehead atoms. The first-order chi connectivity index (χ1) is 12.0. The first kappa shape index (κ1) is 17.6. The molecule has 0 aliphatic heterocycles. The first-order valence-corrected chi connectivity index (χ1v) is 6.86. The molecule has 1 heterocycles. The first-order valence-electron chi connectivity index (χ1n) is 6.86. The van der Waals surface area contributed by atoms with E-state index in [1.54, 1.807) is 24.3 Å². The number of hydrogen-bond donors (Lipinski definition) is 2. The lowest BCUT2D eigenvalue weighted by molar-refractivity contribution is -0.387. The highest BCUT2D eigenvalue weighted by atomic mass is 16.6. The summed E-state index contributed by atoms with van der Waals surface area (Å²) in [5, 5.41) is 20.1. The van der Waals surface area contributed by atoms with Crippen molar-refractivity contribution in [2.24, 2.45) is 0 Å². The van der Waals surface area contributed by atoms with E-state index in [2.05, 4.69) is 15.9 Å². The van der Waals surface area contributed by atoms with Crippen LogP contribution >= 0.6 is 0 Å². The van der Waals surface area contributed by atoms with Gasteiger partial charge in [-0.3, -0.25) is 14.9 Å². The summed E-state index contributed by atoms with van der Waals surface area (Å²) in [4.78, 5) is 27.0. The number of nitro groups is 1. The summed E-state index contributed by atoms with van der Waals surface area (Å²) in [6.45, 7) is 0.0960. The number of terminal acetylenes is 1. The third-order valence-electron chi connectivity index (χ3n) is 3.01. The molecule has 0 fully saturated rings. The van der Waals surface area contributed by atoms with E-state index in [9.17, 15) is 20.0 Å². The summed E-state index contributed by atoms with van der Waals surface area (Å²) in [6.07, 6.45) is 8.08. The molecule has 2 rings (SSSR count). The van der Waals surface area contributed by atoms with Gasteiger partial charge in [0.1, 0.15) is 12.4 Å². The lowest BCUT2D eigenvalue weighted by Crippen LogP contribution is -2.14. The maximum atomic E-state index is 11.6. The van der Waals surface area contributed by atoms with Crippen LogP contribution in [-0.2, 0) is 0 Å². The molecule has 0 spiro atoms. The summed E-state index contributed by atoms with van der Waals surface area (Å²) < 4.78 is 10.5. The second-order valence-corrected chi connectivity index (χ2v) is 4.62. The molecule has 0 aliphatic carbocycles. The zero-order chi connectivity index (χ0) is 18.4. The van der Waals surface area contributed by atoms with Crippen LogP contribution in [0.4, 0.5) is 5.69 Å². The molecule has 0 radical (unpaired) electrons. The van der Waals surface area contributed by atoms with Crippen molar-refractivity contribution in [1.82, 2.24) is 9.97 Å². The number of aromatic nitrogens is 2. The average Bonchev–Trinajstić information content (AvgIpc) is 2.57. The molecular weight excluding hydrogens is 330 g/mol. The van der Waals surface area contributed by atoms with Crippen LogP contribution in [0.5, 0.6) is 17.4 Å². The van der Waals surface area contributed by atoms with Crippen LogP contribution in [-0.4, -0.2) is 33.7 Å². The molecule has 2 N–H and O–H groups in total. The Balaban J connectivity index is 2.29. The Labute approximate surface area is 141 Å².